The number of hydrogen-bond donors (Lipinski definition) is 0. The molecule has 6 heteroatoms. The van der Waals surface area contributed by atoms with Gasteiger partial charge in [-0.2, -0.15) is 0 Å². The van der Waals surface area contributed by atoms with Crippen molar-refractivity contribution in [1.29, 1.82) is 0 Å². The zero-order valence-electron chi connectivity index (χ0n) is 31.5. The van der Waals surface area contributed by atoms with Crippen molar-refractivity contribution in [3.63, 3.8) is 0 Å². The zero-order valence-corrected chi connectivity index (χ0v) is 32.3. The SMILES string of the molecule is C=NC(=NC(=NCc1ccccc1)c1cc(-n2c3ccccc3c3ccc4c(c5ccccc5n4-c4ccccc4)c32)cc2c1sc1ccccc12)c1ccccc1. The van der Waals surface area contributed by atoms with Gasteiger partial charge in [-0.25, -0.2) is 9.98 Å². The quantitative estimate of drug-likeness (QED) is 0.120. The highest BCUT2D eigenvalue weighted by atomic mass is 32.1. The normalized spacial score (nSPS) is 12.5. The van der Waals surface area contributed by atoms with Crippen molar-refractivity contribution < 1.29 is 0 Å². The summed E-state index contributed by atoms with van der Waals surface area (Å²) in [5.74, 6) is 1.14. The summed E-state index contributed by atoms with van der Waals surface area (Å²) in [6.07, 6.45) is 0. The van der Waals surface area contributed by atoms with E-state index in [0.717, 1.165) is 49.2 Å². The minimum absolute atomic E-state index is 0.463. The fourth-order valence-corrected chi connectivity index (χ4v) is 9.74. The molecule has 0 atom stereocenters. The van der Waals surface area contributed by atoms with Gasteiger partial charge in [-0.05, 0) is 60.8 Å². The molecular weight excluding hydrogens is 727 g/mol. The maximum atomic E-state index is 5.31. The Labute approximate surface area is 338 Å². The maximum Gasteiger partial charge on any atom is 0.161 e. The lowest BCUT2D eigenvalue weighted by molar-refractivity contribution is 1.06. The van der Waals surface area contributed by atoms with Crippen LogP contribution in [-0.2, 0) is 6.54 Å². The van der Waals surface area contributed by atoms with Crippen molar-refractivity contribution in [3.05, 3.63) is 205 Å². The predicted molar refractivity (Wildman–Crippen MR) is 247 cm³/mol. The molecule has 0 unspecified atom stereocenters. The number of benzene rings is 8. The molecule has 11 aromatic rings. The molecule has 5 nitrogen and oxygen atoms in total. The molecule has 3 heterocycles. The molecule has 0 N–H and O–H groups in total. The van der Waals surface area contributed by atoms with Crippen molar-refractivity contribution in [2.75, 3.05) is 0 Å². The number of aliphatic imine (C=N–C) groups is 3. The summed E-state index contributed by atoms with van der Waals surface area (Å²) >= 11 is 1.78. The Morgan fingerprint density at radius 3 is 1.90 bits per heavy atom. The van der Waals surface area contributed by atoms with E-state index in [0.29, 0.717) is 18.2 Å². The summed E-state index contributed by atoms with van der Waals surface area (Å²) in [6.45, 7) is 4.43. The molecule has 274 valence electrons. The van der Waals surface area contributed by atoms with Gasteiger partial charge in [0.25, 0.3) is 0 Å². The van der Waals surface area contributed by atoms with Crippen LogP contribution in [-0.4, -0.2) is 27.5 Å². The number of para-hydroxylation sites is 3. The Morgan fingerprint density at radius 2 is 1.14 bits per heavy atom. The third kappa shape index (κ3) is 5.49. The molecule has 0 aliphatic heterocycles. The number of amidine groups is 2. The number of hydrogen-bond acceptors (Lipinski definition) is 2. The molecule has 11 rings (SSSR count). The van der Waals surface area contributed by atoms with Crippen molar-refractivity contribution in [2.24, 2.45) is 15.0 Å². The Morgan fingerprint density at radius 1 is 0.500 bits per heavy atom. The second kappa shape index (κ2) is 14.0. The van der Waals surface area contributed by atoms with Crippen LogP contribution in [0.15, 0.2) is 203 Å². The Hall–Kier alpha value is -7.41. The summed E-state index contributed by atoms with van der Waals surface area (Å²) < 4.78 is 7.20. The summed E-state index contributed by atoms with van der Waals surface area (Å²) in [5.41, 5.74) is 9.73. The van der Waals surface area contributed by atoms with Gasteiger partial charge >= 0.3 is 0 Å². The van der Waals surface area contributed by atoms with Gasteiger partial charge < -0.3 is 9.13 Å². The predicted octanol–water partition coefficient (Wildman–Crippen LogP) is 13.3. The lowest BCUT2D eigenvalue weighted by Crippen LogP contribution is -2.07. The standard InChI is InChI=1S/C52H35N5S/c1-53-51(35-19-7-3-8-20-35)55-52(54-33-34-17-5-2-6-18-34)43-32-37(31-42-39-24-13-16-28-47(39)58-50(42)43)57-44-26-14-11-23-38(44)40-29-30-46-48(49(40)57)41-25-12-15-27-45(41)56(46)36-21-9-4-10-22-36/h2-32H,1,33H2. The van der Waals surface area contributed by atoms with Crippen molar-refractivity contribution in [2.45, 2.75) is 6.54 Å². The van der Waals surface area contributed by atoms with E-state index >= 15 is 0 Å². The van der Waals surface area contributed by atoms with Crippen LogP contribution in [0, 0.1) is 0 Å². The smallest absolute Gasteiger partial charge is 0.161 e. The first-order chi connectivity index (χ1) is 28.7. The van der Waals surface area contributed by atoms with E-state index in [1.807, 2.05) is 36.4 Å². The topological polar surface area (TPSA) is 46.9 Å². The van der Waals surface area contributed by atoms with Gasteiger partial charge in [0, 0.05) is 64.2 Å². The molecular formula is C52H35N5S. The molecule has 0 bridgehead atoms. The average molecular weight is 762 g/mol. The molecule has 8 aromatic carbocycles. The molecule has 58 heavy (non-hydrogen) atoms. The first-order valence-corrected chi connectivity index (χ1v) is 20.2. The maximum absolute atomic E-state index is 5.31. The molecule has 0 amide bonds. The van der Waals surface area contributed by atoms with E-state index in [1.165, 1.54) is 42.7 Å². The number of fused-ring (bicyclic) bond motifs is 10. The highest BCUT2D eigenvalue weighted by molar-refractivity contribution is 7.26. The van der Waals surface area contributed by atoms with Crippen LogP contribution in [0.2, 0.25) is 0 Å². The Bertz CT molecular complexity index is 3430. The second-order valence-electron chi connectivity index (χ2n) is 14.4. The van der Waals surface area contributed by atoms with Crippen LogP contribution < -0.4 is 0 Å². The van der Waals surface area contributed by atoms with Crippen LogP contribution in [0.25, 0.3) is 75.2 Å². The summed E-state index contributed by atoms with van der Waals surface area (Å²) in [6, 6.07) is 66.5. The van der Waals surface area contributed by atoms with Gasteiger partial charge in [0.1, 0.15) is 0 Å². The Balaban J connectivity index is 1.27. The summed E-state index contributed by atoms with van der Waals surface area (Å²) in [7, 11) is 0. The summed E-state index contributed by atoms with van der Waals surface area (Å²) in [4.78, 5) is 15.0. The van der Waals surface area contributed by atoms with E-state index in [2.05, 4.69) is 173 Å². The summed E-state index contributed by atoms with van der Waals surface area (Å²) in [5, 5.41) is 7.18. The van der Waals surface area contributed by atoms with E-state index in [1.54, 1.807) is 11.3 Å². The largest absolute Gasteiger partial charge is 0.309 e. The van der Waals surface area contributed by atoms with Gasteiger partial charge in [0.15, 0.2) is 11.7 Å². The lowest BCUT2D eigenvalue weighted by Gasteiger charge is -2.14. The minimum Gasteiger partial charge on any atom is -0.309 e. The first kappa shape index (κ1) is 33.9. The lowest BCUT2D eigenvalue weighted by atomic mass is 10.1. The fourth-order valence-electron chi connectivity index (χ4n) is 8.55. The van der Waals surface area contributed by atoms with Gasteiger partial charge in [0.2, 0.25) is 0 Å². The first-order valence-electron chi connectivity index (χ1n) is 19.4. The fraction of sp³-hybridized carbons (Fsp3) is 0.0192. The number of nitrogens with zero attached hydrogens (tertiary/aromatic N) is 5. The highest BCUT2D eigenvalue weighted by Crippen LogP contribution is 2.44. The van der Waals surface area contributed by atoms with E-state index in [4.69, 9.17) is 9.98 Å². The van der Waals surface area contributed by atoms with Crippen molar-refractivity contribution >= 4 is 93.5 Å². The van der Waals surface area contributed by atoms with Gasteiger partial charge in [-0.15, -0.1) is 11.3 Å². The zero-order chi connectivity index (χ0) is 38.6. The van der Waals surface area contributed by atoms with E-state index < -0.39 is 0 Å². The molecule has 3 aromatic heterocycles. The van der Waals surface area contributed by atoms with Crippen LogP contribution in [0.5, 0.6) is 0 Å². The van der Waals surface area contributed by atoms with Gasteiger partial charge in [-0.3, -0.25) is 4.99 Å². The molecule has 0 radical (unpaired) electrons. The van der Waals surface area contributed by atoms with Gasteiger partial charge in [-0.1, -0.05) is 140 Å². The van der Waals surface area contributed by atoms with Crippen LogP contribution in [0.1, 0.15) is 16.7 Å². The third-order valence-corrected chi connectivity index (χ3v) is 12.3. The molecule has 0 aliphatic carbocycles. The van der Waals surface area contributed by atoms with E-state index in [9.17, 15) is 0 Å². The highest BCUT2D eigenvalue weighted by Gasteiger charge is 2.23. The Kier molecular flexibility index (Phi) is 8.15. The number of thiophene rings is 1. The molecule has 0 spiro atoms. The molecule has 0 saturated carbocycles. The number of aromatic nitrogens is 2. The van der Waals surface area contributed by atoms with E-state index in [-0.39, 0.29) is 0 Å². The molecule has 0 fully saturated rings. The average Bonchev–Trinajstić information content (AvgIpc) is 3.95. The van der Waals surface area contributed by atoms with Crippen molar-refractivity contribution in [3.8, 4) is 11.4 Å². The van der Waals surface area contributed by atoms with Crippen LogP contribution in [0.3, 0.4) is 0 Å². The minimum atomic E-state index is 0.463. The number of rotatable bonds is 6. The monoisotopic (exact) mass is 761 g/mol. The van der Waals surface area contributed by atoms with Crippen LogP contribution in [0.4, 0.5) is 0 Å². The third-order valence-electron chi connectivity index (χ3n) is 11.1. The molecule has 0 aliphatic rings. The van der Waals surface area contributed by atoms with Crippen molar-refractivity contribution in [1.82, 2.24) is 9.13 Å². The molecule has 0 saturated heterocycles. The second-order valence-corrected chi connectivity index (χ2v) is 15.5. The van der Waals surface area contributed by atoms with Crippen LogP contribution >= 0.6 is 11.3 Å². The van der Waals surface area contributed by atoms with Gasteiger partial charge in [0.05, 0.1) is 28.6 Å².